The minimum absolute atomic E-state index is 0.0167. The number of hydrazine groups is 1. The van der Waals surface area contributed by atoms with E-state index in [4.69, 9.17) is 9.84 Å². The van der Waals surface area contributed by atoms with E-state index in [2.05, 4.69) is 5.43 Å². The van der Waals surface area contributed by atoms with Crippen molar-refractivity contribution in [3.63, 3.8) is 0 Å². The molecule has 0 atom stereocenters. The summed E-state index contributed by atoms with van der Waals surface area (Å²) in [6.07, 6.45) is 1.47. The van der Waals surface area contributed by atoms with E-state index >= 15 is 0 Å². The summed E-state index contributed by atoms with van der Waals surface area (Å²) in [5.41, 5.74) is 3.73. The zero-order valence-electron chi connectivity index (χ0n) is 13.0. The molecule has 1 fully saturated rings. The smallest absolute Gasteiger partial charge is 0.341 e. The Morgan fingerprint density at radius 3 is 2.40 bits per heavy atom. The summed E-state index contributed by atoms with van der Waals surface area (Å²) in [5, 5.41) is 9.77. The molecule has 2 aromatic carbocycles. The monoisotopic (exact) mass is 338 g/mol. The maximum absolute atomic E-state index is 12.4. The molecule has 0 unspecified atom stereocenters. The summed E-state index contributed by atoms with van der Waals surface area (Å²) in [5.74, 6) is -1.61. The molecular formula is C18H14N2O5. The van der Waals surface area contributed by atoms with Crippen molar-refractivity contribution in [2.45, 2.75) is 0 Å². The van der Waals surface area contributed by atoms with Gasteiger partial charge in [-0.05, 0) is 35.9 Å². The van der Waals surface area contributed by atoms with Crippen molar-refractivity contribution in [3.05, 3.63) is 65.7 Å². The van der Waals surface area contributed by atoms with Crippen molar-refractivity contribution in [1.29, 1.82) is 0 Å². The predicted molar refractivity (Wildman–Crippen MR) is 89.6 cm³/mol. The molecule has 0 spiro atoms. The first-order valence-corrected chi connectivity index (χ1v) is 7.41. The molecule has 2 aromatic rings. The fraction of sp³-hybridized carbons (Fsp3) is 0.0556. The normalized spacial score (nSPS) is 15.4. The van der Waals surface area contributed by atoms with Crippen LogP contribution in [0.2, 0.25) is 0 Å². The van der Waals surface area contributed by atoms with Crippen LogP contribution in [-0.4, -0.2) is 29.5 Å². The van der Waals surface area contributed by atoms with Crippen LogP contribution in [0.5, 0.6) is 5.75 Å². The van der Waals surface area contributed by atoms with Crippen LogP contribution in [0.1, 0.15) is 5.56 Å². The van der Waals surface area contributed by atoms with Crippen LogP contribution in [0, 0.1) is 0 Å². The van der Waals surface area contributed by atoms with Gasteiger partial charge in [-0.2, -0.15) is 0 Å². The maximum Gasteiger partial charge on any atom is 0.341 e. The molecular weight excluding hydrogens is 324 g/mol. The fourth-order valence-corrected chi connectivity index (χ4v) is 2.29. The number of nitrogens with one attached hydrogen (secondary N) is 1. The molecule has 126 valence electrons. The summed E-state index contributed by atoms with van der Waals surface area (Å²) in [6.45, 7) is -0.437. The van der Waals surface area contributed by atoms with Crippen molar-refractivity contribution in [2.75, 3.05) is 11.6 Å². The molecule has 2 N–H and O–H groups in total. The van der Waals surface area contributed by atoms with Gasteiger partial charge in [0.1, 0.15) is 11.3 Å². The third kappa shape index (κ3) is 3.66. The largest absolute Gasteiger partial charge is 0.482 e. The third-order valence-corrected chi connectivity index (χ3v) is 3.46. The lowest BCUT2D eigenvalue weighted by Gasteiger charge is -2.13. The lowest BCUT2D eigenvalue weighted by molar-refractivity contribution is -0.139. The minimum Gasteiger partial charge on any atom is -0.482 e. The quantitative estimate of drug-likeness (QED) is 0.638. The average molecular weight is 338 g/mol. The number of hydrogen-bond donors (Lipinski definition) is 2. The minimum atomic E-state index is -1.07. The van der Waals surface area contributed by atoms with Gasteiger partial charge in [0.15, 0.2) is 6.61 Å². The number of benzene rings is 2. The van der Waals surface area contributed by atoms with Gasteiger partial charge < -0.3 is 9.84 Å². The second-order valence-electron chi connectivity index (χ2n) is 5.23. The first kappa shape index (κ1) is 16.3. The number of amides is 2. The van der Waals surface area contributed by atoms with Crippen molar-refractivity contribution in [2.24, 2.45) is 0 Å². The lowest BCUT2D eigenvalue weighted by Crippen LogP contribution is -2.35. The highest BCUT2D eigenvalue weighted by atomic mass is 16.5. The maximum atomic E-state index is 12.4. The Morgan fingerprint density at radius 1 is 1.08 bits per heavy atom. The Bertz CT molecular complexity index is 844. The molecule has 1 aliphatic rings. The molecule has 1 saturated heterocycles. The number of carbonyl (C=O) groups is 3. The molecule has 0 radical (unpaired) electrons. The molecule has 25 heavy (non-hydrogen) atoms. The summed E-state index contributed by atoms with van der Waals surface area (Å²) in [6, 6.07) is 15.2. The molecule has 0 aliphatic carbocycles. The Balaban J connectivity index is 1.78. The number of rotatable bonds is 5. The number of para-hydroxylation sites is 1. The molecule has 7 nitrogen and oxygen atoms in total. The lowest BCUT2D eigenvalue weighted by atomic mass is 10.1. The van der Waals surface area contributed by atoms with Crippen LogP contribution in [-0.2, 0) is 14.4 Å². The summed E-state index contributed by atoms with van der Waals surface area (Å²) < 4.78 is 5.03. The van der Waals surface area contributed by atoms with E-state index in [1.54, 1.807) is 48.5 Å². The van der Waals surface area contributed by atoms with E-state index in [1.165, 1.54) is 11.1 Å². The molecule has 2 amide bonds. The van der Waals surface area contributed by atoms with E-state index in [-0.39, 0.29) is 5.57 Å². The number of nitrogens with zero attached hydrogens (tertiary/aromatic N) is 1. The van der Waals surface area contributed by atoms with Gasteiger partial charge in [0.25, 0.3) is 11.8 Å². The Hall–Kier alpha value is -3.61. The highest BCUT2D eigenvalue weighted by Crippen LogP contribution is 2.22. The summed E-state index contributed by atoms with van der Waals surface area (Å²) in [4.78, 5) is 35.0. The van der Waals surface area contributed by atoms with Gasteiger partial charge >= 0.3 is 5.97 Å². The van der Waals surface area contributed by atoms with E-state index in [9.17, 15) is 14.4 Å². The van der Waals surface area contributed by atoms with Crippen LogP contribution < -0.4 is 15.2 Å². The van der Waals surface area contributed by atoms with Crippen LogP contribution in [0.25, 0.3) is 6.08 Å². The van der Waals surface area contributed by atoms with E-state index in [1.807, 2.05) is 6.07 Å². The Morgan fingerprint density at radius 2 is 1.76 bits per heavy atom. The summed E-state index contributed by atoms with van der Waals surface area (Å²) >= 11 is 0. The van der Waals surface area contributed by atoms with E-state index in [0.717, 1.165) is 0 Å². The van der Waals surface area contributed by atoms with Gasteiger partial charge in [0.05, 0.1) is 5.69 Å². The highest BCUT2D eigenvalue weighted by Gasteiger charge is 2.34. The van der Waals surface area contributed by atoms with Gasteiger partial charge in [0.2, 0.25) is 0 Å². The van der Waals surface area contributed by atoms with Crippen molar-refractivity contribution in [1.82, 2.24) is 5.43 Å². The summed E-state index contributed by atoms with van der Waals surface area (Å²) in [7, 11) is 0. The molecule has 1 heterocycles. The van der Waals surface area contributed by atoms with Gasteiger partial charge in [0, 0.05) is 0 Å². The first-order chi connectivity index (χ1) is 12.0. The molecule has 0 bridgehead atoms. The van der Waals surface area contributed by atoms with Gasteiger partial charge in [-0.15, -0.1) is 0 Å². The number of carboxylic acid groups (broad SMARTS) is 1. The number of ether oxygens (including phenoxy) is 1. The van der Waals surface area contributed by atoms with Crippen molar-refractivity contribution < 1.29 is 24.2 Å². The highest BCUT2D eigenvalue weighted by molar-refractivity contribution is 6.31. The van der Waals surface area contributed by atoms with E-state index < -0.39 is 24.4 Å². The Labute approximate surface area is 143 Å². The zero-order valence-corrected chi connectivity index (χ0v) is 13.0. The van der Waals surface area contributed by atoms with Gasteiger partial charge in [-0.25, -0.2) is 9.80 Å². The number of carbonyl (C=O) groups excluding carboxylic acids is 2. The molecule has 7 heteroatoms. The van der Waals surface area contributed by atoms with Crippen LogP contribution in [0.4, 0.5) is 5.69 Å². The molecule has 3 rings (SSSR count). The number of carboxylic acids is 1. The SMILES string of the molecule is O=C(O)COc1ccc(/C=C2/C(=O)NN(c3ccccc3)C2=O)cc1. The third-order valence-electron chi connectivity index (χ3n) is 3.46. The number of aliphatic carboxylic acids is 1. The Kier molecular flexibility index (Phi) is 4.47. The number of hydrogen-bond acceptors (Lipinski definition) is 4. The van der Waals surface area contributed by atoms with Crippen molar-refractivity contribution in [3.8, 4) is 5.75 Å². The molecule has 1 aliphatic heterocycles. The first-order valence-electron chi connectivity index (χ1n) is 7.41. The van der Waals surface area contributed by atoms with Crippen LogP contribution in [0.3, 0.4) is 0 Å². The standard InChI is InChI=1S/C18H14N2O5/c21-16(22)11-25-14-8-6-12(7-9-14)10-15-17(23)19-20(18(15)24)13-4-2-1-3-5-13/h1-10H,11H2,(H,19,23)(H,21,22)/b15-10-. The topological polar surface area (TPSA) is 95.9 Å². The molecule has 0 aromatic heterocycles. The van der Waals surface area contributed by atoms with Gasteiger partial charge in [-0.3, -0.25) is 15.0 Å². The van der Waals surface area contributed by atoms with Crippen LogP contribution in [0.15, 0.2) is 60.2 Å². The second kappa shape index (κ2) is 6.88. The zero-order chi connectivity index (χ0) is 17.8. The van der Waals surface area contributed by atoms with E-state index in [0.29, 0.717) is 17.0 Å². The fourth-order valence-electron chi connectivity index (χ4n) is 2.29. The van der Waals surface area contributed by atoms with Crippen LogP contribution >= 0.6 is 0 Å². The predicted octanol–water partition coefficient (Wildman–Crippen LogP) is 1.61. The number of anilines is 1. The van der Waals surface area contributed by atoms with Gasteiger partial charge in [-0.1, -0.05) is 30.3 Å². The van der Waals surface area contributed by atoms with Crippen molar-refractivity contribution >= 4 is 29.5 Å². The average Bonchev–Trinajstić information content (AvgIpc) is 2.90. The molecule has 0 saturated carbocycles. The second-order valence-corrected chi connectivity index (χ2v) is 5.23.